The van der Waals surface area contributed by atoms with Gasteiger partial charge in [0.05, 0.1) is 5.75 Å². The highest BCUT2D eigenvalue weighted by atomic mass is 32.2. The molecule has 1 heterocycles. The summed E-state index contributed by atoms with van der Waals surface area (Å²) in [7, 11) is -3.12. The minimum absolute atomic E-state index is 0.00765. The smallest absolute Gasteiger partial charge is 0.352 e. The van der Waals surface area contributed by atoms with E-state index in [9.17, 15) is 18.0 Å². The summed E-state index contributed by atoms with van der Waals surface area (Å²) < 4.78 is 23.0. The molecule has 0 aromatic carbocycles. The maximum atomic E-state index is 11.5. The molecule has 2 N–H and O–H groups in total. The molecule has 0 aliphatic carbocycles. The number of aromatic carboxylic acids is 1. The number of carboxylic acid groups (broad SMARTS) is 1. The average molecular weight is 274 g/mol. The molecule has 0 fully saturated rings. The number of carbonyl (C=O) groups is 2. The van der Waals surface area contributed by atoms with Crippen LogP contribution in [-0.2, 0) is 21.2 Å². The van der Waals surface area contributed by atoms with Crippen molar-refractivity contribution >= 4 is 21.7 Å². The summed E-state index contributed by atoms with van der Waals surface area (Å²) in [6, 6.07) is 2.90. The zero-order chi connectivity index (χ0) is 13.8. The van der Waals surface area contributed by atoms with Crippen LogP contribution >= 0.6 is 0 Å². The molecule has 0 saturated heterocycles. The van der Waals surface area contributed by atoms with Gasteiger partial charge in [0.2, 0.25) is 5.91 Å². The Labute approximate surface area is 104 Å². The Morgan fingerprint density at radius 1 is 1.44 bits per heavy atom. The lowest BCUT2D eigenvalue weighted by atomic mass is 10.4. The molecular weight excluding hydrogens is 260 g/mol. The summed E-state index contributed by atoms with van der Waals surface area (Å²) >= 11 is 0. The zero-order valence-corrected chi connectivity index (χ0v) is 10.6. The van der Waals surface area contributed by atoms with Crippen LogP contribution in [-0.4, -0.2) is 48.5 Å². The second kappa shape index (κ2) is 5.67. The van der Waals surface area contributed by atoms with E-state index in [4.69, 9.17) is 5.11 Å². The highest BCUT2D eigenvalue weighted by molar-refractivity contribution is 7.90. The van der Waals surface area contributed by atoms with Gasteiger partial charge in [-0.2, -0.15) is 0 Å². The number of sulfone groups is 1. The quantitative estimate of drug-likeness (QED) is 0.717. The molecule has 1 aromatic rings. The van der Waals surface area contributed by atoms with Gasteiger partial charge in [0, 0.05) is 19.0 Å². The molecule has 0 radical (unpaired) electrons. The third-order valence-electron chi connectivity index (χ3n) is 2.16. The molecule has 1 amide bonds. The van der Waals surface area contributed by atoms with Crippen LogP contribution in [0.4, 0.5) is 0 Å². The van der Waals surface area contributed by atoms with Gasteiger partial charge in [0.1, 0.15) is 22.1 Å². The Bertz CT molecular complexity index is 546. The minimum Gasteiger partial charge on any atom is -0.477 e. The molecule has 0 aliphatic heterocycles. The van der Waals surface area contributed by atoms with Gasteiger partial charge in [-0.15, -0.1) is 0 Å². The Morgan fingerprint density at radius 2 is 2.11 bits per heavy atom. The Balaban J connectivity index is 2.50. The van der Waals surface area contributed by atoms with Crippen LogP contribution in [0.1, 0.15) is 10.5 Å². The van der Waals surface area contributed by atoms with E-state index in [0.29, 0.717) is 0 Å². The fraction of sp³-hybridized carbons (Fsp3) is 0.400. The van der Waals surface area contributed by atoms with Crippen LogP contribution in [0.3, 0.4) is 0 Å². The summed E-state index contributed by atoms with van der Waals surface area (Å²) in [5, 5.41) is 11.2. The molecule has 8 heteroatoms. The number of aromatic nitrogens is 1. The van der Waals surface area contributed by atoms with E-state index in [-0.39, 0.29) is 24.5 Å². The number of hydrogen-bond acceptors (Lipinski definition) is 4. The second-order valence-electron chi connectivity index (χ2n) is 3.81. The predicted octanol–water partition coefficient (Wildman–Crippen LogP) is -0.653. The summed E-state index contributed by atoms with van der Waals surface area (Å²) in [4.78, 5) is 22.2. The summed E-state index contributed by atoms with van der Waals surface area (Å²) in [5.41, 5.74) is 0.00765. The molecule has 0 bridgehead atoms. The molecule has 0 spiro atoms. The van der Waals surface area contributed by atoms with Crippen molar-refractivity contribution in [3.05, 3.63) is 24.0 Å². The number of amides is 1. The van der Waals surface area contributed by atoms with Gasteiger partial charge in [-0.05, 0) is 12.1 Å². The number of carbonyl (C=O) groups excluding carboxylic acids is 1. The van der Waals surface area contributed by atoms with E-state index in [1.807, 2.05) is 0 Å². The fourth-order valence-electron chi connectivity index (χ4n) is 1.33. The molecule has 0 atom stereocenters. The van der Waals surface area contributed by atoms with Crippen molar-refractivity contribution in [2.75, 3.05) is 18.6 Å². The first-order chi connectivity index (χ1) is 8.29. The second-order valence-corrected chi connectivity index (χ2v) is 6.07. The van der Waals surface area contributed by atoms with Crippen molar-refractivity contribution in [2.24, 2.45) is 0 Å². The largest absolute Gasteiger partial charge is 0.477 e. The van der Waals surface area contributed by atoms with Gasteiger partial charge in [0.25, 0.3) is 0 Å². The lowest BCUT2D eigenvalue weighted by Crippen LogP contribution is -2.32. The van der Waals surface area contributed by atoms with Gasteiger partial charge < -0.3 is 15.0 Å². The minimum atomic E-state index is -3.12. The van der Waals surface area contributed by atoms with E-state index in [1.54, 1.807) is 0 Å². The Kier molecular flexibility index (Phi) is 4.49. The third kappa shape index (κ3) is 4.58. The van der Waals surface area contributed by atoms with Crippen molar-refractivity contribution in [3.8, 4) is 0 Å². The molecule has 1 aromatic heterocycles. The van der Waals surface area contributed by atoms with Crippen LogP contribution in [0.2, 0.25) is 0 Å². The average Bonchev–Trinajstić information content (AvgIpc) is 2.63. The molecule has 7 nitrogen and oxygen atoms in total. The highest BCUT2D eigenvalue weighted by Crippen LogP contribution is 2.01. The standard InChI is InChI=1S/C10H14N2O5S/c1-18(16,17)6-4-11-9(13)7-12-5-2-3-8(12)10(14)15/h2-3,5H,4,6-7H2,1H3,(H,11,13)(H,14,15). The lowest BCUT2D eigenvalue weighted by molar-refractivity contribution is -0.121. The van der Waals surface area contributed by atoms with Crippen LogP contribution < -0.4 is 5.32 Å². The molecule has 1 rings (SSSR count). The van der Waals surface area contributed by atoms with Gasteiger partial charge in [-0.3, -0.25) is 4.79 Å². The maximum absolute atomic E-state index is 11.5. The topological polar surface area (TPSA) is 105 Å². The first kappa shape index (κ1) is 14.2. The summed E-state index contributed by atoms with van der Waals surface area (Å²) in [5.74, 6) is -1.70. The maximum Gasteiger partial charge on any atom is 0.352 e. The Hall–Kier alpha value is -1.83. The van der Waals surface area contributed by atoms with Crippen LogP contribution in [0.15, 0.2) is 18.3 Å². The summed E-state index contributed by atoms with van der Waals surface area (Å²) in [6.45, 7) is -0.139. The molecule has 100 valence electrons. The van der Waals surface area contributed by atoms with Crippen LogP contribution in [0, 0.1) is 0 Å². The van der Waals surface area contributed by atoms with Crippen LogP contribution in [0.25, 0.3) is 0 Å². The SMILES string of the molecule is CS(=O)(=O)CCNC(=O)Cn1cccc1C(=O)O. The van der Waals surface area contributed by atoms with Crippen molar-refractivity contribution in [3.63, 3.8) is 0 Å². The molecule has 18 heavy (non-hydrogen) atoms. The van der Waals surface area contributed by atoms with E-state index < -0.39 is 21.7 Å². The predicted molar refractivity (Wildman–Crippen MR) is 64.1 cm³/mol. The molecular formula is C10H14N2O5S. The number of rotatable bonds is 6. The first-order valence-corrected chi connectivity index (χ1v) is 7.18. The van der Waals surface area contributed by atoms with E-state index >= 15 is 0 Å². The zero-order valence-electron chi connectivity index (χ0n) is 9.79. The van der Waals surface area contributed by atoms with E-state index in [1.165, 1.54) is 22.9 Å². The van der Waals surface area contributed by atoms with Crippen molar-refractivity contribution in [1.29, 1.82) is 0 Å². The van der Waals surface area contributed by atoms with Crippen molar-refractivity contribution in [1.82, 2.24) is 9.88 Å². The normalized spacial score (nSPS) is 11.2. The molecule has 0 saturated carbocycles. The third-order valence-corrected chi connectivity index (χ3v) is 3.10. The van der Waals surface area contributed by atoms with Crippen LogP contribution in [0.5, 0.6) is 0 Å². The van der Waals surface area contributed by atoms with Gasteiger partial charge >= 0.3 is 5.97 Å². The Morgan fingerprint density at radius 3 is 2.67 bits per heavy atom. The van der Waals surface area contributed by atoms with Gasteiger partial charge in [0.15, 0.2) is 0 Å². The van der Waals surface area contributed by atoms with Gasteiger partial charge in [-0.1, -0.05) is 0 Å². The lowest BCUT2D eigenvalue weighted by Gasteiger charge is -2.07. The van der Waals surface area contributed by atoms with Crippen molar-refractivity contribution < 1.29 is 23.1 Å². The van der Waals surface area contributed by atoms with Crippen molar-refractivity contribution in [2.45, 2.75) is 6.54 Å². The number of nitrogens with one attached hydrogen (secondary N) is 1. The molecule has 0 aliphatic rings. The number of carboxylic acids is 1. The first-order valence-electron chi connectivity index (χ1n) is 5.12. The monoisotopic (exact) mass is 274 g/mol. The molecule has 0 unspecified atom stereocenters. The van der Waals surface area contributed by atoms with E-state index in [2.05, 4.69) is 5.32 Å². The number of nitrogens with zero attached hydrogens (tertiary/aromatic N) is 1. The van der Waals surface area contributed by atoms with E-state index in [0.717, 1.165) is 6.26 Å². The summed E-state index contributed by atoms with van der Waals surface area (Å²) in [6.07, 6.45) is 2.55. The number of hydrogen-bond donors (Lipinski definition) is 2. The highest BCUT2D eigenvalue weighted by Gasteiger charge is 2.11. The van der Waals surface area contributed by atoms with Gasteiger partial charge in [-0.25, -0.2) is 13.2 Å². The fourth-order valence-corrected chi connectivity index (χ4v) is 1.81.